The van der Waals surface area contributed by atoms with Crippen LogP contribution in [0.2, 0.25) is 0 Å². The van der Waals surface area contributed by atoms with Gasteiger partial charge in [-0.2, -0.15) is 5.26 Å². The lowest BCUT2D eigenvalue weighted by Gasteiger charge is -2.28. The molecule has 1 amide bonds. The number of nitrogens with zero attached hydrogens (tertiary/aromatic N) is 3. The van der Waals surface area contributed by atoms with Gasteiger partial charge in [-0.25, -0.2) is 4.98 Å². The van der Waals surface area contributed by atoms with Crippen LogP contribution in [0.5, 0.6) is 0 Å². The number of hydrogen-bond acceptors (Lipinski definition) is 3. The van der Waals surface area contributed by atoms with E-state index in [1.807, 2.05) is 24.3 Å². The van der Waals surface area contributed by atoms with Gasteiger partial charge in [-0.3, -0.25) is 4.79 Å². The lowest BCUT2D eigenvalue weighted by Crippen LogP contribution is -2.36. The van der Waals surface area contributed by atoms with E-state index in [-0.39, 0.29) is 11.6 Å². The molecule has 3 rings (SSSR count). The third-order valence-electron chi connectivity index (χ3n) is 3.50. The summed E-state index contributed by atoms with van der Waals surface area (Å²) >= 11 is 0. The minimum Gasteiger partial charge on any atom is -0.333 e. The van der Waals surface area contributed by atoms with E-state index in [1.54, 1.807) is 23.1 Å². The van der Waals surface area contributed by atoms with Gasteiger partial charge in [0.05, 0.1) is 0 Å². The van der Waals surface area contributed by atoms with Gasteiger partial charge in [0.1, 0.15) is 17.5 Å². The predicted octanol–water partition coefficient (Wildman–Crippen LogP) is 2.15. The van der Waals surface area contributed by atoms with Crippen LogP contribution in [0, 0.1) is 11.3 Å². The third kappa shape index (κ3) is 2.26. The number of pyridine rings is 1. The Balaban J connectivity index is 1.84. The number of hydrogen-bond donors (Lipinski definition) is 0. The third-order valence-corrected chi connectivity index (χ3v) is 3.50. The van der Waals surface area contributed by atoms with Crippen molar-refractivity contribution in [3.8, 4) is 6.07 Å². The molecule has 0 saturated carbocycles. The van der Waals surface area contributed by atoms with Crippen LogP contribution in [0.15, 0.2) is 42.5 Å². The standard InChI is InChI=1S/C16H13N3O/c17-10-14-6-3-7-15(18-14)16(20)19-9-8-12-4-1-2-5-13(12)11-19/h1-7H,8-9,11H2. The number of aromatic nitrogens is 1. The predicted molar refractivity (Wildman–Crippen MR) is 73.8 cm³/mol. The molecule has 0 radical (unpaired) electrons. The van der Waals surface area contributed by atoms with Gasteiger partial charge in [0, 0.05) is 13.1 Å². The molecule has 0 atom stereocenters. The first-order valence-corrected chi connectivity index (χ1v) is 6.51. The normalized spacial score (nSPS) is 13.4. The molecule has 4 nitrogen and oxygen atoms in total. The molecule has 0 spiro atoms. The molecule has 98 valence electrons. The van der Waals surface area contributed by atoms with Gasteiger partial charge in [0.25, 0.3) is 5.91 Å². The Hall–Kier alpha value is -2.67. The van der Waals surface area contributed by atoms with Crippen molar-refractivity contribution in [2.24, 2.45) is 0 Å². The van der Waals surface area contributed by atoms with Crippen LogP contribution >= 0.6 is 0 Å². The molecule has 0 unspecified atom stereocenters. The molecule has 1 aliphatic heterocycles. The Kier molecular flexibility index (Phi) is 3.18. The summed E-state index contributed by atoms with van der Waals surface area (Å²) in [7, 11) is 0. The van der Waals surface area contributed by atoms with E-state index in [0.717, 1.165) is 6.42 Å². The highest BCUT2D eigenvalue weighted by Gasteiger charge is 2.22. The quantitative estimate of drug-likeness (QED) is 0.792. The molecule has 1 aliphatic rings. The molecule has 0 N–H and O–H groups in total. The zero-order chi connectivity index (χ0) is 13.9. The summed E-state index contributed by atoms with van der Waals surface area (Å²) in [6.07, 6.45) is 0.861. The summed E-state index contributed by atoms with van der Waals surface area (Å²) in [6, 6.07) is 15.1. The Morgan fingerprint density at radius 1 is 1.15 bits per heavy atom. The average molecular weight is 263 g/mol. The molecule has 0 bridgehead atoms. The number of fused-ring (bicyclic) bond motifs is 1. The van der Waals surface area contributed by atoms with E-state index < -0.39 is 0 Å². The highest BCUT2D eigenvalue weighted by molar-refractivity contribution is 5.92. The summed E-state index contributed by atoms with van der Waals surface area (Å²) in [4.78, 5) is 18.3. The first-order valence-electron chi connectivity index (χ1n) is 6.51. The molecule has 0 saturated heterocycles. The molecular formula is C16H13N3O. The maximum absolute atomic E-state index is 12.4. The van der Waals surface area contributed by atoms with Crippen molar-refractivity contribution >= 4 is 5.91 Å². The fraction of sp³-hybridized carbons (Fsp3) is 0.188. The van der Waals surface area contributed by atoms with Crippen molar-refractivity contribution in [3.63, 3.8) is 0 Å². The summed E-state index contributed by atoms with van der Waals surface area (Å²) in [6.45, 7) is 1.29. The van der Waals surface area contributed by atoms with Crippen molar-refractivity contribution in [1.29, 1.82) is 5.26 Å². The topological polar surface area (TPSA) is 57.0 Å². The van der Waals surface area contributed by atoms with Crippen molar-refractivity contribution in [2.45, 2.75) is 13.0 Å². The van der Waals surface area contributed by atoms with Crippen LogP contribution in [0.4, 0.5) is 0 Å². The van der Waals surface area contributed by atoms with E-state index in [2.05, 4.69) is 11.1 Å². The lowest BCUT2D eigenvalue weighted by molar-refractivity contribution is 0.0728. The summed E-state index contributed by atoms with van der Waals surface area (Å²) in [5.74, 6) is -0.114. The molecule has 1 aromatic heterocycles. The SMILES string of the molecule is N#Cc1cccc(C(=O)N2CCc3ccccc3C2)n1. The maximum atomic E-state index is 12.4. The number of benzene rings is 1. The smallest absolute Gasteiger partial charge is 0.272 e. The molecule has 0 fully saturated rings. The van der Waals surface area contributed by atoms with E-state index in [1.165, 1.54) is 11.1 Å². The maximum Gasteiger partial charge on any atom is 0.272 e. The molecule has 2 aromatic rings. The highest BCUT2D eigenvalue weighted by atomic mass is 16.2. The van der Waals surface area contributed by atoms with Crippen molar-refractivity contribution in [3.05, 3.63) is 65.0 Å². The Bertz CT molecular complexity index is 703. The summed E-state index contributed by atoms with van der Waals surface area (Å²) in [5.41, 5.74) is 3.09. The van der Waals surface area contributed by atoms with Gasteiger partial charge < -0.3 is 4.90 Å². The van der Waals surface area contributed by atoms with Gasteiger partial charge >= 0.3 is 0 Å². The minimum absolute atomic E-state index is 0.114. The number of carbonyl (C=O) groups is 1. The second-order valence-electron chi connectivity index (χ2n) is 4.77. The van der Waals surface area contributed by atoms with E-state index in [0.29, 0.717) is 18.8 Å². The highest BCUT2D eigenvalue weighted by Crippen LogP contribution is 2.19. The Morgan fingerprint density at radius 3 is 2.75 bits per heavy atom. The Labute approximate surface area is 117 Å². The van der Waals surface area contributed by atoms with Crippen molar-refractivity contribution in [1.82, 2.24) is 9.88 Å². The van der Waals surface area contributed by atoms with E-state index in [9.17, 15) is 4.79 Å². The summed E-state index contributed by atoms with van der Waals surface area (Å²) in [5, 5.41) is 8.85. The van der Waals surface area contributed by atoms with Crippen LogP contribution in [0.25, 0.3) is 0 Å². The minimum atomic E-state index is -0.114. The molecule has 2 heterocycles. The fourth-order valence-corrected chi connectivity index (χ4v) is 2.45. The first kappa shape index (κ1) is 12.4. The molecule has 4 heteroatoms. The van der Waals surface area contributed by atoms with E-state index >= 15 is 0 Å². The van der Waals surface area contributed by atoms with Gasteiger partial charge in [0.15, 0.2) is 0 Å². The molecule has 0 aliphatic carbocycles. The van der Waals surface area contributed by atoms with E-state index in [4.69, 9.17) is 5.26 Å². The van der Waals surface area contributed by atoms with Crippen LogP contribution < -0.4 is 0 Å². The molecule has 1 aromatic carbocycles. The van der Waals surface area contributed by atoms with Crippen LogP contribution in [-0.2, 0) is 13.0 Å². The van der Waals surface area contributed by atoms with Crippen LogP contribution in [-0.4, -0.2) is 22.3 Å². The van der Waals surface area contributed by atoms with Gasteiger partial charge in [-0.05, 0) is 29.7 Å². The summed E-state index contributed by atoms with van der Waals surface area (Å²) < 4.78 is 0. The molecular weight excluding hydrogens is 250 g/mol. The Morgan fingerprint density at radius 2 is 1.95 bits per heavy atom. The first-order chi connectivity index (χ1) is 9.78. The lowest BCUT2D eigenvalue weighted by atomic mass is 10.00. The van der Waals surface area contributed by atoms with Crippen molar-refractivity contribution in [2.75, 3.05) is 6.54 Å². The second-order valence-corrected chi connectivity index (χ2v) is 4.77. The number of amides is 1. The zero-order valence-corrected chi connectivity index (χ0v) is 10.9. The van der Waals surface area contributed by atoms with Gasteiger partial charge in [-0.15, -0.1) is 0 Å². The van der Waals surface area contributed by atoms with Gasteiger partial charge in [0.2, 0.25) is 0 Å². The van der Waals surface area contributed by atoms with Crippen molar-refractivity contribution < 1.29 is 4.79 Å². The van der Waals surface area contributed by atoms with Gasteiger partial charge in [-0.1, -0.05) is 30.3 Å². The van der Waals surface area contributed by atoms with Crippen LogP contribution in [0.3, 0.4) is 0 Å². The van der Waals surface area contributed by atoms with Crippen LogP contribution in [0.1, 0.15) is 27.3 Å². The fourth-order valence-electron chi connectivity index (χ4n) is 2.45. The molecule has 20 heavy (non-hydrogen) atoms. The monoisotopic (exact) mass is 263 g/mol. The zero-order valence-electron chi connectivity index (χ0n) is 10.9. The second kappa shape index (κ2) is 5.14. The number of rotatable bonds is 1. The largest absolute Gasteiger partial charge is 0.333 e. The number of carbonyl (C=O) groups excluding carboxylic acids is 1. The number of nitriles is 1. The average Bonchev–Trinajstić information content (AvgIpc) is 2.53.